The van der Waals surface area contributed by atoms with Gasteiger partial charge in [0.2, 0.25) is 0 Å². The fourth-order valence-corrected chi connectivity index (χ4v) is 3.12. The Kier molecular flexibility index (Phi) is 5.71. The van der Waals surface area contributed by atoms with E-state index in [0.29, 0.717) is 24.1 Å². The van der Waals surface area contributed by atoms with E-state index in [1.54, 1.807) is 6.92 Å². The molecular formula is C17H25F2NO. The topological polar surface area (TPSA) is 21.3 Å². The van der Waals surface area contributed by atoms with Crippen LogP contribution in [0.2, 0.25) is 0 Å². The largest absolute Gasteiger partial charge is 0.378 e. The fraction of sp³-hybridized carbons (Fsp3) is 0.647. The lowest BCUT2D eigenvalue weighted by Gasteiger charge is -2.37. The first kappa shape index (κ1) is 16.4. The third kappa shape index (κ3) is 3.80. The number of halogens is 2. The van der Waals surface area contributed by atoms with Gasteiger partial charge in [-0.3, -0.25) is 0 Å². The average Bonchev–Trinajstić information content (AvgIpc) is 2.41. The molecule has 1 unspecified atom stereocenters. The van der Waals surface area contributed by atoms with E-state index in [4.69, 9.17) is 4.74 Å². The predicted octanol–water partition coefficient (Wildman–Crippen LogP) is 4.13. The fourth-order valence-electron chi connectivity index (χ4n) is 3.12. The molecule has 1 saturated carbocycles. The number of hydrogen-bond donors (Lipinski definition) is 1. The van der Waals surface area contributed by atoms with Crippen molar-refractivity contribution in [3.05, 3.63) is 34.9 Å². The van der Waals surface area contributed by atoms with Crippen LogP contribution < -0.4 is 5.32 Å². The van der Waals surface area contributed by atoms with Crippen molar-refractivity contribution in [3.8, 4) is 0 Å². The molecule has 1 aliphatic rings. The number of benzene rings is 1. The van der Waals surface area contributed by atoms with Gasteiger partial charge in [0.15, 0.2) is 0 Å². The number of aryl methyl sites for hydroxylation is 1. The van der Waals surface area contributed by atoms with E-state index in [-0.39, 0.29) is 11.6 Å². The molecule has 4 heteroatoms. The molecule has 0 spiro atoms. The van der Waals surface area contributed by atoms with E-state index in [9.17, 15) is 8.78 Å². The summed E-state index contributed by atoms with van der Waals surface area (Å²) in [4.78, 5) is 0. The van der Waals surface area contributed by atoms with Gasteiger partial charge in [-0.1, -0.05) is 13.0 Å². The molecule has 0 heterocycles. The van der Waals surface area contributed by atoms with Gasteiger partial charge >= 0.3 is 0 Å². The molecule has 118 valence electrons. The van der Waals surface area contributed by atoms with Gasteiger partial charge in [0.05, 0.1) is 6.10 Å². The Morgan fingerprint density at radius 1 is 1.29 bits per heavy atom. The smallest absolute Gasteiger partial charge is 0.133 e. The second-order valence-electron chi connectivity index (χ2n) is 5.85. The van der Waals surface area contributed by atoms with Crippen LogP contribution in [0.5, 0.6) is 0 Å². The van der Waals surface area contributed by atoms with Crippen LogP contribution in [0.25, 0.3) is 0 Å². The normalized spacial score (nSPS) is 22.9. The van der Waals surface area contributed by atoms with Gasteiger partial charge < -0.3 is 10.1 Å². The van der Waals surface area contributed by atoms with Crippen LogP contribution in [0.1, 0.15) is 50.3 Å². The van der Waals surface area contributed by atoms with Crippen molar-refractivity contribution in [1.82, 2.24) is 5.32 Å². The van der Waals surface area contributed by atoms with Crippen LogP contribution in [-0.2, 0) is 4.74 Å². The highest BCUT2D eigenvalue weighted by molar-refractivity contribution is 5.29. The molecule has 0 radical (unpaired) electrons. The summed E-state index contributed by atoms with van der Waals surface area (Å²) in [6.07, 6.45) is 3.07. The molecule has 0 aromatic heterocycles. The van der Waals surface area contributed by atoms with Crippen molar-refractivity contribution >= 4 is 0 Å². The van der Waals surface area contributed by atoms with Gasteiger partial charge in [-0.25, -0.2) is 8.78 Å². The van der Waals surface area contributed by atoms with Crippen LogP contribution in [0.4, 0.5) is 8.78 Å². The van der Waals surface area contributed by atoms with Crippen molar-refractivity contribution in [1.29, 1.82) is 0 Å². The summed E-state index contributed by atoms with van der Waals surface area (Å²) in [5.74, 6) is -0.392. The molecule has 1 N–H and O–H groups in total. The van der Waals surface area contributed by atoms with Crippen LogP contribution in [0, 0.1) is 24.5 Å². The molecule has 1 aromatic carbocycles. The Hall–Kier alpha value is -1.00. The van der Waals surface area contributed by atoms with Crippen LogP contribution in [-0.4, -0.2) is 19.3 Å². The molecule has 21 heavy (non-hydrogen) atoms. The van der Waals surface area contributed by atoms with E-state index >= 15 is 0 Å². The SMILES string of the molecule is CCNC(CC1CC(OCC)C1)c1c(F)ccc(C)c1F. The van der Waals surface area contributed by atoms with Crippen LogP contribution in [0.15, 0.2) is 12.1 Å². The minimum absolute atomic E-state index is 0.191. The Balaban J connectivity index is 2.08. The van der Waals surface area contributed by atoms with Crippen molar-refractivity contribution < 1.29 is 13.5 Å². The molecule has 1 aromatic rings. The molecule has 0 amide bonds. The quantitative estimate of drug-likeness (QED) is 0.817. The second kappa shape index (κ2) is 7.32. The van der Waals surface area contributed by atoms with Gasteiger partial charge in [0, 0.05) is 18.2 Å². The molecule has 0 saturated heterocycles. The lowest BCUT2D eigenvalue weighted by atomic mass is 9.77. The number of ether oxygens (including phenoxy) is 1. The van der Waals surface area contributed by atoms with Gasteiger partial charge in [-0.15, -0.1) is 0 Å². The van der Waals surface area contributed by atoms with E-state index < -0.39 is 11.6 Å². The minimum atomic E-state index is -0.454. The third-order valence-electron chi connectivity index (χ3n) is 4.28. The van der Waals surface area contributed by atoms with Gasteiger partial charge in [-0.05, 0) is 57.2 Å². The summed E-state index contributed by atoms with van der Waals surface area (Å²) in [6.45, 7) is 7.05. The number of hydrogen-bond acceptors (Lipinski definition) is 2. The van der Waals surface area contributed by atoms with E-state index in [1.165, 1.54) is 12.1 Å². The highest BCUT2D eigenvalue weighted by Gasteiger charge is 2.33. The van der Waals surface area contributed by atoms with Crippen molar-refractivity contribution in [2.45, 2.75) is 52.2 Å². The summed E-state index contributed by atoms with van der Waals surface area (Å²) in [5.41, 5.74) is 0.687. The molecule has 0 aliphatic heterocycles. The first-order valence-electron chi connectivity index (χ1n) is 7.86. The predicted molar refractivity (Wildman–Crippen MR) is 80.3 cm³/mol. The zero-order valence-corrected chi connectivity index (χ0v) is 13.1. The Morgan fingerprint density at radius 3 is 2.62 bits per heavy atom. The summed E-state index contributed by atoms with van der Waals surface area (Å²) >= 11 is 0. The first-order valence-corrected chi connectivity index (χ1v) is 7.86. The second-order valence-corrected chi connectivity index (χ2v) is 5.85. The lowest BCUT2D eigenvalue weighted by molar-refractivity contribution is -0.0292. The molecule has 1 atom stereocenters. The summed E-state index contributed by atoms with van der Waals surface area (Å²) < 4.78 is 33.9. The maximum absolute atomic E-state index is 14.3. The van der Waals surface area contributed by atoms with Gasteiger partial charge in [-0.2, -0.15) is 0 Å². The number of rotatable bonds is 7. The Morgan fingerprint density at radius 2 is 2.00 bits per heavy atom. The van der Waals surface area contributed by atoms with Gasteiger partial charge in [0.25, 0.3) is 0 Å². The maximum Gasteiger partial charge on any atom is 0.133 e. The highest BCUT2D eigenvalue weighted by Crippen LogP contribution is 2.38. The monoisotopic (exact) mass is 297 g/mol. The van der Waals surface area contributed by atoms with E-state index in [1.807, 2.05) is 13.8 Å². The Bertz CT molecular complexity index is 472. The molecule has 2 nitrogen and oxygen atoms in total. The van der Waals surface area contributed by atoms with E-state index in [2.05, 4.69) is 5.32 Å². The minimum Gasteiger partial charge on any atom is -0.378 e. The van der Waals surface area contributed by atoms with Crippen LogP contribution in [0.3, 0.4) is 0 Å². The highest BCUT2D eigenvalue weighted by atomic mass is 19.1. The zero-order chi connectivity index (χ0) is 15.4. The third-order valence-corrected chi connectivity index (χ3v) is 4.28. The maximum atomic E-state index is 14.3. The standard InChI is InChI=1S/C17H25F2NO/c1-4-20-15(10-12-8-13(9-12)21-5-2)16-14(18)7-6-11(3)17(16)19/h6-7,12-13,15,20H,4-5,8-10H2,1-3H3. The molecule has 0 bridgehead atoms. The number of nitrogens with one attached hydrogen (secondary N) is 1. The molecule has 1 fully saturated rings. The molecule has 1 aliphatic carbocycles. The lowest BCUT2D eigenvalue weighted by Crippen LogP contribution is -2.35. The van der Waals surface area contributed by atoms with Gasteiger partial charge in [0.1, 0.15) is 11.6 Å². The molecular weight excluding hydrogens is 272 g/mol. The first-order chi connectivity index (χ1) is 10.1. The summed E-state index contributed by atoms with van der Waals surface area (Å²) in [5, 5.41) is 3.23. The van der Waals surface area contributed by atoms with E-state index in [0.717, 1.165) is 25.9 Å². The van der Waals surface area contributed by atoms with Crippen molar-refractivity contribution in [3.63, 3.8) is 0 Å². The summed E-state index contributed by atoms with van der Waals surface area (Å²) in [6, 6.07) is 2.59. The van der Waals surface area contributed by atoms with Crippen LogP contribution >= 0.6 is 0 Å². The Labute approximate surface area is 125 Å². The zero-order valence-electron chi connectivity index (χ0n) is 13.1. The average molecular weight is 297 g/mol. The van der Waals surface area contributed by atoms with Crippen molar-refractivity contribution in [2.24, 2.45) is 5.92 Å². The molecule has 2 rings (SSSR count). The summed E-state index contributed by atoms with van der Waals surface area (Å²) in [7, 11) is 0. The van der Waals surface area contributed by atoms with Crippen molar-refractivity contribution in [2.75, 3.05) is 13.2 Å².